The molecule has 1 aliphatic carbocycles. The van der Waals surface area contributed by atoms with Gasteiger partial charge in [0.15, 0.2) is 0 Å². The molecule has 0 unspecified atom stereocenters. The van der Waals surface area contributed by atoms with Crippen molar-refractivity contribution in [3.8, 4) is 61.3 Å². The first-order chi connectivity index (χ1) is 31.5. The van der Waals surface area contributed by atoms with Gasteiger partial charge in [-0.15, -0.1) is 0 Å². The maximum atomic E-state index is 2.46. The third kappa shape index (κ3) is 5.57. The van der Waals surface area contributed by atoms with Gasteiger partial charge in [0.25, 0.3) is 0 Å². The van der Waals surface area contributed by atoms with E-state index in [1.807, 2.05) is 0 Å². The molecule has 11 aromatic carbocycles. The van der Waals surface area contributed by atoms with Crippen LogP contribution in [0.15, 0.2) is 224 Å². The van der Waals surface area contributed by atoms with Gasteiger partial charge < -0.3 is 4.57 Å². The number of rotatable bonds is 5. The van der Waals surface area contributed by atoms with Crippen molar-refractivity contribution in [3.63, 3.8) is 0 Å². The van der Waals surface area contributed by atoms with Crippen LogP contribution in [0.1, 0.15) is 25.0 Å². The highest BCUT2D eigenvalue weighted by Crippen LogP contribution is 2.50. The molecule has 0 atom stereocenters. The first kappa shape index (κ1) is 36.6. The average Bonchev–Trinajstić information content (AvgIpc) is 3.81. The summed E-state index contributed by atoms with van der Waals surface area (Å²) in [5, 5.41) is 10.2. The van der Waals surface area contributed by atoms with Crippen LogP contribution in [0.3, 0.4) is 0 Å². The fraction of sp³-hybridized carbons (Fsp3) is 0.0476. The highest BCUT2D eigenvalue weighted by Gasteiger charge is 2.35. The van der Waals surface area contributed by atoms with E-state index in [4.69, 9.17) is 0 Å². The van der Waals surface area contributed by atoms with Crippen molar-refractivity contribution < 1.29 is 0 Å². The van der Waals surface area contributed by atoms with E-state index in [1.54, 1.807) is 0 Å². The van der Waals surface area contributed by atoms with E-state index in [9.17, 15) is 0 Å². The lowest BCUT2D eigenvalue weighted by Gasteiger charge is -2.22. The van der Waals surface area contributed by atoms with Crippen molar-refractivity contribution in [2.45, 2.75) is 19.3 Å². The zero-order chi connectivity index (χ0) is 42.5. The first-order valence-electron chi connectivity index (χ1n) is 22.4. The fourth-order valence-corrected chi connectivity index (χ4v) is 11.0. The summed E-state index contributed by atoms with van der Waals surface area (Å²) in [5.74, 6) is 0. The molecule has 1 aromatic heterocycles. The van der Waals surface area contributed by atoms with E-state index in [0.717, 1.165) is 5.69 Å². The number of aromatic nitrogens is 1. The molecule has 1 nitrogen and oxygen atoms in total. The van der Waals surface area contributed by atoms with E-state index in [1.165, 1.54) is 121 Å². The number of hydrogen-bond acceptors (Lipinski definition) is 0. The zero-order valence-corrected chi connectivity index (χ0v) is 35.8. The van der Waals surface area contributed by atoms with Crippen molar-refractivity contribution in [1.82, 2.24) is 4.57 Å². The lowest BCUT2D eigenvalue weighted by atomic mass is 9.81. The van der Waals surface area contributed by atoms with Crippen molar-refractivity contribution >= 4 is 54.1 Å². The van der Waals surface area contributed by atoms with E-state index in [2.05, 4.69) is 243 Å². The van der Waals surface area contributed by atoms with Crippen LogP contribution in [0, 0.1) is 0 Å². The van der Waals surface area contributed by atoms with Gasteiger partial charge in [0.05, 0.1) is 11.0 Å². The van der Waals surface area contributed by atoms with Crippen LogP contribution in [0.25, 0.3) is 115 Å². The highest BCUT2D eigenvalue weighted by molar-refractivity contribution is 6.25. The molecule has 64 heavy (non-hydrogen) atoms. The largest absolute Gasteiger partial charge is 0.309 e. The minimum atomic E-state index is -0.0961. The normalized spacial score (nSPS) is 13.0. The molecule has 0 amide bonds. The molecular formula is C63H43N. The smallest absolute Gasteiger partial charge is 0.0541 e. The first-order valence-corrected chi connectivity index (χ1v) is 22.4. The lowest BCUT2D eigenvalue weighted by Crippen LogP contribution is -2.14. The zero-order valence-electron chi connectivity index (χ0n) is 35.8. The molecular weight excluding hydrogens is 771 g/mol. The number of benzene rings is 11. The van der Waals surface area contributed by atoms with E-state index < -0.39 is 0 Å². The summed E-state index contributed by atoms with van der Waals surface area (Å²) in [5.41, 5.74) is 18.6. The molecule has 12 aromatic rings. The Kier molecular flexibility index (Phi) is 8.02. The van der Waals surface area contributed by atoms with E-state index in [-0.39, 0.29) is 5.41 Å². The second kappa shape index (κ2) is 14.0. The third-order valence-electron chi connectivity index (χ3n) is 14.1. The summed E-state index contributed by atoms with van der Waals surface area (Å²) in [6, 6.07) is 83.6. The van der Waals surface area contributed by atoms with Gasteiger partial charge in [0.2, 0.25) is 0 Å². The minimum Gasteiger partial charge on any atom is -0.309 e. The number of fused-ring (bicyclic) bond motifs is 12. The van der Waals surface area contributed by atoms with Crippen LogP contribution in [0.4, 0.5) is 0 Å². The molecule has 1 aliphatic rings. The summed E-state index contributed by atoms with van der Waals surface area (Å²) >= 11 is 0. The van der Waals surface area contributed by atoms with Gasteiger partial charge in [-0.05, 0) is 166 Å². The fourth-order valence-electron chi connectivity index (χ4n) is 11.0. The second-order valence-corrected chi connectivity index (χ2v) is 18.1. The molecule has 1 heteroatoms. The molecule has 0 spiro atoms. The Hall–Kier alpha value is -8.00. The van der Waals surface area contributed by atoms with Crippen LogP contribution in [0.5, 0.6) is 0 Å². The van der Waals surface area contributed by atoms with Gasteiger partial charge in [0.1, 0.15) is 0 Å². The van der Waals surface area contributed by atoms with Gasteiger partial charge in [-0.2, -0.15) is 0 Å². The number of hydrogen-bond donors (Lipinski definition) is 0. The van der Waals surface area contributed by atoms with Crippen molar-refractivity contribution in [2.75, 3.05) is 0 Å². The Labute approximate surface area is 373 Å². The Morgan fingerprint density at radius 2 is 0.688 bits per heavy atom. The topological polar surface area (TPSA) is 4.93 Å². The molecule has 0 bridgehead atoms. The maximum Gasteiger partial charge on any atom is 0.0541 e. The van der Waals surface area contributed by atoms with Crippen molar-refractivity contribution in [3.05, 3.63) is 236 Å². The maximum absolute atomic E-state index is 2.46. The Balaban J connectivity index is 1.05. The summed E-state index contributed by atoms with van der Waals surface area (Å²) in [6.45, 7) is 4.74. The molecule has 0 fully saturated rings. The second-order valence-electron chi connectivity index (χ2n) is 18.1. The predicted molar refractivity (Wildman–Crippen MR) is 273 cm³/mol. The lowest BCUT2D eigenvalue weighted by molar-refractivity contribution is 0.660. The highest BCUT2D eigenvalue weighted by atomic mass is 15.0. The van der Waals surface area contributed by atoms with Gasteiger partial charge in [-0.3, -0.25) is 0 Å². The van der Waals surface area contributed by atoms with Gasteiger partial charge in [-0.1, -0.05) is 172 Å². The van der Waals surface area contributed by atoms with Gasteiger partial charge in [-0.25, -0.2) is 0 Å². The van der Waals surface area contributed by atoms with E-state index >= 15 is 0 Å². The third-order valence-corrected chi connectivity index (χ3v) is 14.1. The van der Waals surface area contributed by atoms with Gasteiger partial charge >= 0.3 is 0 Å². The van der Waals surface area contributed by atoms with Crippen LogP contribution in [-0.4, -0.2) is 4.57 Å². The molecule has 300 valence electrons. The molecule has 13 rings (SSSR count). The summed E-state index contributed by atoms with van der Waals surface area (Å²) in [4.78, 5) is 0. The monoisotopic (exact) mass is 813 g/mol. The van der Waals surface area contributed by atoms with Crippen LogP contribution >= 0.6 is 0 Å². The summed E-state index contributed by atoms with van der Waals surface area (Å²) in [6.07, 6.45) is 0. The molecule has 0 saturated heterocycles. The summed E-state index contributed by atoms with van der Waals surface area (Å²) in [7, 11) is 0. The summed E-state index contributed by atoms with van der Waals surface area (Å²) < 4.78 is 2.42. The number of para-hydroxylation sites is 1. The Morgan fingerprint density at radius 3 is 1.30 bits per heavy atom. The minimum absolute atomic E-state index is 0.0961. The Morgan fingerprint density at radius 1 is 0.266 bits per heavy atom. The van der Waals surface area contributed by atoms with Crippen LogP contribution in [-0.2, 0) is 5.41 Å². The average molecular weight is 814 g/mol. The molecule has 0 aliphatic heterocycles. The van der Waals surface area contributed by atoms with E-state index in [0.29, 0.717) is 0 Å². The SMILES string of the molecule is CC1(C)c2ccccc2-c2ccc(-c3cc(-c4ccc5c6ccccc6c6ccccc6c5c4)cc(-c4ccc5c(c4)c4cc(-c6ccccc6)ccc4n5-c4ccccc4)c3)cc21. The van der Waals surface area contributed by atoms with Gasteiger partial charge in [0, 0.05) is 21.9 Å². The van der Waals surface area contributed by atoms with Crippen molar-refractivity contribution in [2.24, 2.45) is 0 Å². The predicted octanol–water partition coefficient (Wildman–Crippen LogP) is 17.2. The molecule has 1 heterocycles. The Bertz CT molecular complexity index is 3810. The molecule has 0 radical (unpaired) electrons. The molecule has 0 N–H and O–H groups in total. The quantitative estimate of drug-likeness (QED) is 0.153. The van der Waals surface area contributed by atoms with Crippen molar-refractivity contribution in [1.29, 1.82) is 0 Å². The van der Waals surface area contributed by atoms with Crippen LogP contribution in [0.2, 0.25) is 0 Å². The number of nitrogens with zero attached hydrogens (tertiary/aromatic N) is 1. The van der Waals surface area contributed by atoms with Crippen LogP contribution < -0.4 is 0 Å². The molecule has 0 saturated carbocycles. The standard InChI is InChI=1S/C63H43N/c1-63(2)59-24-14-13-23-54(59)55-30-26-44(39-60(55)63)47-34-45(42-25-29-53-51-21-10-9-19-49(51)50-20-11-12-22-52(50)56(53)36-42)33-46(35-47)43-28-32-62-58(38-43)57-37-41(40-15-5-3-6-16-40)27-31-61(57)64(62)48-17-7-4-8-18-48/h3-39H,1-2H3.